The second-order valence-electron chi connectivity index (χ2n) is 6.45. The first-order valence-corrected chi connectivity index (χ1v) is 8.53. The smallest absolute Gasteiger partial charge is 0.308 e. The van der Waals surface area contributed by atoms with Crippen molar-refractivity contribution in [1.29, 1.82) is 0 Å². The molecule has 4 atom stereocenters. The van der Waals surface area contributed by atoms with Crippen molar-refractivity contribution in [3.8, 4) is 0 Å². The van der Waals surface area contributed by atoms with Crippen molar-refractivity contribution in [2.75, 3.05) is 6.54 Å². The lowest BCUT2D eigenvalue weighted by Gasteiger charge is -2.44. The highest BCUT2D eigenvalue weighted by atomic mass is 16.4. The van der Waals surface area contributed by atoms with Gasteiger partial charge in [0.1, 0.15) is 0 Å². The molecule has 4 unspecified atom stereocenters. The topological polar surface area (TPSA) is 40.5 Å². The molecule has 1 aliphatic rings. The number of unbranched alkanes of at least 4 members (excludes halogenated alkanes) is 1. The average Bonchev–Trinajstić information content (AvgIpc) is 2.46. The van der Waals surface area contributed by atoms with Crippen molar-refractivity contribution in [1.82, 2.24) is 4.90 Å². The van der Waals surface area contributed by atoms with E-state index in [1.165, 1.54) is 19.3 Å². The highest BCUT2D eigenvalue weighted by molar-refractivity contribution is 5.71. The van der Waals surface area contributed by atoms with Gasteiger partial charge in [0, 0.05) is 12.1 Å². The summed E-state index contributed by atoms with van der Waals surface area (Å²) in [6.45, 7) is 9.96. The lowest BCUT2D eigenvalue weighted by molar-refractivity contribution is -0.146. The van der Waals surface area contributed by atoms with Gasteiger partial charge in [0.15, 0.2) is 0 Å². The molecule has 20 heavy (non-hydrogen) atoms. The maximum atomic E-state index is 11.6. The van der Waals surface area contributed by atoms with Gasteiger partial charge in [-0.1, -0.05) is 33.6 Å². The van der Waals surface area contributed by atoms with E-state index in [0.717, 1.165) is 32.2 Å². The van der Waals surface area contributed by atoms with Crippen LogP contribution in [0.25, 0.3) is 0 Å². The summed E-state index contributed by atoms with van der Waals surface area (Å²) in [6, 6.07) is 0.733. The van der Waals surface area contributed by atoms with Gasteiger partial charge >= 0.3 is 5.97 Å². The summed E-state index contributed by atoms with van der Waals surface area (Å²) in [7, 11) is 0. The fourth-order valence-electron chi connectivity index (χ4n) is 3.54. The molecular formula is C17H33NO2. The van der Waals surface area contributed by atoms with E-state index in [0.29, 0.717) is 12.0 Å². The van der Waals surface area contributed by atoms with E-state index >= 15 is 0 Å². The molecule has 0 bridgehead atoms. The van der Waals surface area contributed by atoms with Crippen LogP contribution in [0.4, 0.5) is 0 Å². The highest BCUT2D eigenvalue weighted by Gasteiger charge is 2.38. The first-order valence-electron chi connectivity index (χ1n) is 8.53. The number of carboxylic acids is 1. The fraction of sp³-hybridized carbons (Fsp3) is 0.941. The van der Waals surface area contributed by atoms with Crippen molar-refractivity contribution in [3.05, 3.63) is 0 Å². The van der Waals surface area contributed by atoms with Crippen LogP contribution in [0.3, 0.4) is 0 Å². The van der Waals surface area contributed by atoms with Crippen molar-refractivity contribution in [2.45, 2.75) is 84.7 Å². The molecule has 1 rings (SSSR count). The van der Waals surface area contributed by atoms with Gasteiger partial charge in [-0.05, 0) is 51.5 Å². The number of carbonyl (C=O) groups is 1. The summed E-state index contributed by atoms with van der Waals surface area (Å²) < 4.78 is 0. The normalized spacial score (nSPS) is 28.6. The molecule has 0 heterocycles. The van der Waals surface area contributed by atoms with E-state index in [1.54, 1.807) is 0 Å². The second kappa shape index (κ2) is 8.66. The van der Waals surface area contributed by atoms with Gasteiger partial charge in [0.2, 0.25) is 0 Å². The highest BCUT2D eigenvalue weighted by Crippen LogP contribution is 2.35. The van der Waals surface area contributed by atoms with Gasteiger partial charge in [0.05, 0.1) is 5.92 Å². The molecule has 1 N–H and O–H groups in total. The Bertz CT molecular complexity index is 293. The zero-order valence-corrected chi connectivity index (χ0v) is 13.8. The molecule has 1 fully saturated rings. The Morgan fingerprint density at radius 2 is 2.00 bits per heavy atom. The summed E-state index contributed by atoms with van der Waals surface area (Å²) in [5, 5.41) is 9.57. The Morgan fingerprint density at radius 1 is 1.30 bits per heavy atom. The lowest BCUT2D eigenvalue weighted by atomic mass is 9.76. The van der Waals surface area contributed by atoms with Gasteiger partial charge in [-0.25, -0.2) is 0 Å². The van der Waals surface area contributed by atoms with Gasteiger partial charge in [-0.15, -0.1) is 0 Å². The van der Waals surface area contributed by atoms with Crippen molar-refractivity contribution in [3.63, 3.8) is 0 Å². The van der Waals surface area contributed by atoms with E-state index in [-0.39, 0.29) is 12.0 Å². The number of aliphatic carboxylic acids is 1. The Labute approximate surface area is 124 Å². The summed E-state index contributed by atoms with van der Waals surface area (Å²) in [6.07, 6.45) is 7.65. The monoisotopic (exact) mass is 283 g/mol. The van der Waals surface area contributed by atoms with Crippen LogP contribution in [0.15, 0.2) is 0 Å². The first kappa shape index (κ1) is 17.5. The molecule has 0 saturated heterocycles. The van der Waals surface area contributed by atoms with Crippen LogP contribution in [0.1, 0.15) is 72.6 Å². The van der Waals surface area contributed by atoms with Crippen LogP contribution in [0.5, 0.6) is 0 Å². The molecule has 0 radical (unpaired) electrons. The third-order valence-electron chi connectivity index (χ3n) is 5.17. The quantitative estimate of drug-likeness (QED) is 0.727. The molecule has 0 aromatic carbocycles. The van der Waals surface area contributed by atoms with Crippen LogP contribution < -0.4 is 0 Å². The maximum Gasteiger partial charge on any atom is 0.308 e. The fourth-order valence-corrected chi connectivity index (χ4v) is 3.54. The minimum Gasteiger partial charge on any atom is -0.481 e. The third kappa shape index (κ3) is 4.47. The van der Waals surface area contributed by atoms with E-state index in [1.807, 2.05) is 0 Å². The Kier molecular flexibility index (Phi) is 7.57. The lowest BCUT2D eigenvalue weighted by Crippen LogP contribution is -2.51. The van der Waals surface area contributed by atoms with Gasteiger partial charge in [-0.2, -0.15) is 0 Å². The van der Waals surface area contributed by atoms with E-state index in [9.17, 15) is 9.90 Å². The number of nitrogens with zero attached hydrogens (tertiary/aromatic N) is 1. The van der Waals surface area contributed by atoms with E-state index in [2.05, 4.69) is 32.6 Å². The molecule has 0 aromatic rings. The van der Waals surface area contributed by atoms with Crippen LogP contribution in [0.2, 0.25) is 0 Å². The van der Waals surface area contributed by atoms with Gasteiger partial charge in [0.25, 0.3) is 0 Å². The van der Waals surface area contributed by atoms with Crippen LogP contribution in [-0.4, -0.2) is 34.6 Å². The maximum absolute atomic E-state index is 11.6. The molecule has 0 amide bonds. The Hall–Kier alpha value is -0.570. The van der Waals surface area contributed by atoms with Gasteiger partial charge < -0.3 is 5.11 Å². The Balaban J connectivity index is 2.87. The Morgan fingerprint density at radius 3 is 2.50 bits per heavy atom. The summed E-state index contributed by atoms with van der Waals surface area (Å²) in [4.78, 5) is 14.1. The molecule has 0 spiro atoms. The largest absolute Gasteiger partial charge is 0.481 e. The number of hydrogen-bond donors (Lipinski definition) is 1. The molecule has 0 aromatic heterocycles. The van der Waals surface area contributed by atoms with Crippen LogP contribution in [0, 0.1) is 11.8 Å². The van der Waals surface area contributed by atoms with Crippen LogP contribution in [-0.2, 0) is 4.79 Å². The van der Waals surface area contributed by atoms with Crippen molar-refractivity contribution >= 4 is 5.97 Å². The number of hydrogen-bond acceptors (Lipinski definition) is 2. The molecular weight excluding hydrogens is 250 g/mol. The SMILES string of the molecule is CCCCN(C(C)CC)C1CC(CC)CCC1C(=O)O. The predicted octanol–water partition coefficient (Wildman–Crippen LogP) is 4.17. The third-order valence-corrected chi connectivity index (χ3v) is 5.17. The van der Waals surface area contributed by atoms with Crippen molar-refractivity contribution < 1.29 is 9.90 Å². The number of rotatable bonds is 8. The zero-order chi connectivity index (χ0) is 15.1. The molecule has 1 saturated carbocycles. The summed E-state index contributed by atoms with van der Waals surface area (Å²) >= 11 is 0. The molecule has 1 aliphatic carbocycles. The standard InChI is InChI=1S/C17H33NO2/c1-5-8-11-18(13(4)6-2)16-12-14(7-3)9-10-15(16)17(19)20/h13-16H,5-12H2,1-4H3,(H,19,20). The molecule has 0 aliphatic heterocycles. The van der Waals surface area contributed by atoms with Crippen LogP contribution >= 0.6 is 0 Å². The summed E-state index contributed by atoms with van der Waals surface area (Å²) in [5.41, 5.74) is 0. The van der Waals surface area contributed by atoms with Crippen molar-refractivity contribution in [2.24, 2.45) is 11.8 Å². The molecule has 118 valence electrons. The first-order chi connectivity index (χ1) is 9.54. The number of carboxylic acid groups (broad SMARTS) is 1. The predicted molar refractivity (Wildman–Crippen MR) is 83.9 cm³/mol. The molecule has 3 heteroatoms. The minimum absolute atomic E-state index is 0.163. The summed E-state index contributed by atoms with van der Waals surface area (Å²) in [5.74, 6) is -0.0400. The second-order valence-corrected chi connectivity index (χ2v) is 6.45. The average molecular weight is 283 g/mol. The molecule has 3 nitrogen and oxygen atoms in total. The zero-order valence-electron chi connectivity index (χ0n) is 13.8. The van der Waals surface area contributed by atoms with E-state index < -0.39 is 5.97 Å². The van der Waals surface area contributed by atoms with Gasteiger partial charge in [-0.3, -0.25) is 9.69 Å². The minimum atomic E-state index is -0.589. The van der Waals surface area contributed by atoms with E-state index in [4.69, 9.17) is 0 Å².